The van der Waals surface area contributed by atoms with Crippen LogP contribution >= 0.6 is 0 Å². The average Bonchev–Trinajstić information content (AvgIpc) is 2.98. The first-order chi connectivity index (χ1) is 8.81. The fraction of sp³-hybridized carbons (Fsp3) is 0.385. The Morgan fingerprint density at radius 1 is 1.44 bits per heavy atom. The van der Waals surface area contributed by atoms with Gasteiger partial charge in [-0.2, -0.15) is 4.98 Å². The number of halogens is 1. The molecule has 1 fully saturated rings. The van der Waals surface area contributed by atoms with Gasteiger partial charge in [-0.1, -0.05) is 17.3 Å². The Labute approximate surface area is 104 Å². The summed E-state index contributed by atoms with van der Waals surface area (Å²) in [5, 5.41) is 7.24. The Morgan fingerprint density at radius 3 is 3.17 bits per heavy atom. The summed E-state index contributed by atoms with van der Waals surface area (Å²) in [5.74, 6) is 0.997. The summed E-state index contributed by atoms with van der Waals surface area (Å²) >= 11 is 0. The van der Waals surface area contributed by atoms with E-state index in [4.69, 9.17) is 4.52 Å². The van der Waals surface area contributed by atoms with Gasteiger partial charge in [0.15, 0.2) is 5.82 Å². The topological polar surface area (TPSA) is 51.0 Å². The molecule has 2 aromatic rings. The second-order valence-corrected chi connectivity index (χ2v) is 4.50. The minimum Gasteiger partial charge on any atom is -0.338 e. The summed E-state index contributed by atoms with van der Waals surface area (Å²) < 4.78 is 18.3. The number of hydrogen-bond donors (Lipinski definition) is 1. The summed E-state index contributed by atoms with van der Waals surface area (Å²) in [6.07, 6.45) is 2.65. The van der Waals surface area contributed by atoms with Gasteiger partial charge in [-0.3, -0.25) is 0 Å². The maximum atomic E-state index is 13.0. The summed E-state index contributed by atoms with van der Waals surface area (Å²) in [7, 11) is 0. The van der Waals surface area contributed by atoms with Gasteiger partial charge in [0.1, 0.15) is 5.82 Å². The number of rotatable bonds is 3. The third-order valence-corrected chi connectivity index (χ3v) is 3.09. The predicted octanol–water partition coefficient (Wildman–Crippen LogP) is 2.22. The van der Waals surface area contributed by atoms with Crippen molar-refractivity contribution in [2.75, 3.05) is 6.54 Å². The summed E-state index contributed by atoms with van der Waals surface area (Å²) in [4.78, 5) is 4.35. The van der Waals surface area contributed by atoms with Crippen LogP contribution in [0.15, 0.2) is 28.8 Å². The van der Waals surface area contributed by atoms with Crippen molar-refractivity contribution in [1.29, 1.82) is 0 Å². The van der Waals surface area contributed by atoms with Gasteiger partial charge in [0, 0.05) is 6.42 Å². The number of nitrogens with zero attached hydrogens (tertiary/aromatic N) is 2. The van der Waals surface area contributed by atoms with E-state index in [1.54, 1.807) is 6.07 Å². The molecule has 3 rings (SSSR count). The van der Waals surface area contributed by atoms with Crippen LogP contribution in [-0.2, 0) is 6.42 Å². The molecular weight excluding hydrogens is 233 g/mol. The molecule has 0 amide bonds. The highest BCUT2D eigenvalue weighted by Crippen LogP contribution is 2.21. The molecular formula is C13H14FN3O. The van der Waals surface area contributed by atoms with Gasteiger partial charge in [-0.25, -0.2) is 4.39 Å². The molecule has 2 heterocycles. The van der Waals surface area contributed by atoms with E-state index in [9.17, 15) is 4.39 Å². The molecule has 1 aliphatic rings. The molecule has 18 heavy (non-hydrogen) atoms. The van der Waals surface area contributed by atoms with Crippen molar-refractivity contribution in [2.24, 2.45) is 0 Å². The van der Waals surface area contributed by atoms with Crippen molar-refractivity contribution < 1.29 is 8.91 Å². The highest BCUT2D eigenvalue weighted by Gasteiger charge is 2.22. The first-order valence-electron chi connectivity index (χ1n) is 6.11. The van der Waals surface area contributed by atoms with E-state index in [0.717, 1.165) is 24.9 Å². The molecule has 0 saturated carbocycles. The number of hydrogen-bond acceptors (Lipinski definition) is 4. The number of benzene rings is 1. The van der Waals surface area contributed by atoms with Crippen molar-refractivity contribution in [3.63, 3.8) is 0 Å². The van der Waals surface area contributed by atoms with E-state index in [1.807, 2.05) is 6.07 Å². The zero-order valence-electron chi connectivity index (χ0n) is 9.90. The van der Waals surface area contributed by atoms with E-state index in [-0.39, 0.29) is 11.9 Å². The zero-order valence-corrected chi connectivity index (χ0v) is 9.90. The molecule has 1 atom stereocenters. The van der Waals surface area contributed by atoms with Crippen LogP contribution in [0.25, 0.3) is 0 Å². The molecule has 0 aliphatic carbocycles. The van der Waals surface area contributed by atoms with Crippen LogP contribution in [0.3, 0.4) is 0 Å². The van der Waals surface area contributed by atoms with E-state index in [1.165, 1.54) is 12.1 Å². The summed E-state index contributed by atoms with van der Waals surface area (Å²) in [6, 6.07) is 6.63. The van der Waals surface area contributed by atoms with Crippen molar-refractivity contribution in [1.82, 2.24) is 15.5 Å². The lowest BCUT2D eigenvalue weighted by Gasteiger charge is -2.01. The van der Waals surface area contributed by atoms with Gasteiger partial charge in [-0.05, 0) is 37.1 Å². The largest absolute Gasteiger partial charge is 0.338 e. The molecule has 0 bridgehead atoms. The third kappa shape index (κ3) is 2.41. The summed E-state index contributed by atoms with van der Waals surface area (Å²) in [5.41, 5.74) is 0.849. The molecule has 94 valence electrons. The van der Waals surface area contributed by atoms with Crippen LogP contribution in [0.4, 0.5) is 4.39 Å². The molecule has 1 N–H and O–H groups in total. The lowest BCUT2D eigenvalue weighted by Crippen LogP contribution is -2.13. The molecule has 0 unspecified atom stereocenters. The highest BCUT2D eigenvalue weighted by molar-refractivity contribution is 5.19. The SMILES string of the molecule is Fc1cccc(Cc2noc([C@@H]3CCCN3)n2)c1. The fourth-order valence-corrected chi connectivity index (χ4v) is 2.21. The standard InChI is InChI=1S/C13H14FN3O/c14-10-4-1-3-9(7-10)8-12-16-13(18-17-12)11-5-2-6-15-11/h1,3-4,7,11,15H,2,5-6,8H2/t11-/m0/s1. The smallest absolute Gasteiger partial charge is 0.243 e. The first-order valence-corrected chi connectivity index (χ1v) is 6.11. The average molecular weight is 247 g/mol. The Morgan fingerprint density at radius 2 is 2.39 bits per heavy atom. The molecule has 1 aromatic heterocycles. The van der Waals surface area contributed by atoms with Gasteiger partial charge in [0.2, 0.25) is 5.89 Å². The van der Waals surface area contributed by atoms with Crippen LogP contribution in [0.2, 0.25) is 0 Å². The van der Waals surface area contributed by atoms with Crippen molar-refractivity contribution in [3.05, 3.63) is 47.4 Å². The summed E-state index contributed by atoms with van der Waals surface area (Å²) in [6.45, 7) is 0.992. The van der Waals surface area contributed by atoms with Crippen LogP contribution in [0.1, 0.15) is 36.2 Å². The normalized spacial score (nSPS) is 19.3. The lowest BCUT2D eigenvalue weighted by molar-refractivity contribution is 0.341. The predicted molar refractivity (Wildman–Crippen MR) is 63.5 cm³/mol. The molecule has 4 nitrogen and oxygen atoms in total. The Balaban J connectivity index is 1.73. The molecule has 0 radical (unpaired) electrons. The third-order valence-electron chi connectivity index (χ3n) is 3.09. The molecule has 1 aliphatic heterocycles. The van der Waals surface area contributed by atoms with Crippen LogP contribution in [0.5, 0.6) is 0 Å². The first kappa shape index (κ1) is 11.3. The van der Waals surface area contributed by atoms with Gasteiger partial charge in [0.05, 0.1) is 6.04 Å². The minimum atomic E-state index is -0.242. The quantitative estimate of drug-likeness (QED) is 0.903. The van der Waals surface area contributed by atoms with Crippen molar-refractivity contribution in [3.8, 4) is 0 Å². The van der Waals surface area contributed by atoms with Gasteiger partial charge >= 0.3 is 0 Å². The van der Waals surface area contributed by atoms with Gasteiger partial charge < -0.3 is 9.84 Å². The van der Waals surface area contributed by atoms with E-state index < -0.39 is 0 Å². The highest BCUT2D eigenvalue weighted by atomic mass is 19.1. The van der Waals surface area contributed by atoms with E-state index in [0.29, 0.717) is 18.1 Å². The Hall–Kier alpha value is -1.75. The maximum Gasteiger partial charge on any atom is 0.243 e. The van der Waals surface area contributed by atoms with Crippen LogP contribution in [0, 0.1) is 5.82 Å². The van der Waals surface area contributed by atoms with Crippen molar-refractivity contribution >= 4 is 0 Å². The minimum absolute atomic E-state index is 0.179. The monoisotopic (exact) mass is 247 g/mol. The fourth-order valence-electron chi connectivity index (χ4n) is 2.21. The van der Waals surface area contributed by atoms with Gasteiger partial charge in [-0.15, -0.1) is 0 Å². The molecule has 0 spiro atoms. The van der Waals surface area contributed by atoms with E-state index >= 15 is 0 Å². The second-order valence-electron chi connectivity index (χ2n) is 4.50. The number of nitrogens with one attached hydrogen (secondary N) is 1. The molecule has 1 aromatic carbocycles. The molecule has 1 saturated heterocycles. The molecule has 5 heteroatoms. The van der Waals surface area contributed by atoms with Crippen molar-refractivity contribution in [2.45, 2.75) is 25.3 Å². The lowest BCUT2D eigenvalue weighted by atomic mass is 10.1. The van der Waals surface area contributed by atoms with E-state index in [2.05, 4.69) is 15.5 Å². The number of aromatic nitrogens is 2. The van der Waals surface area contributed by atoms with Gasteiger partial charge in [0.25, 0.3) is 0 Å². The Bertz CT molecular complexity index is 535. The van der Waals surface area contributed by atoms with Crippen LogP contribution < -0.4 is 5.32 Å². The second kappa shape index (κ2) is 4.86. The van der Waals surface area contributed by atoms with Crippen LogP contribution in [-0.4, -0.2) is 16.7 Å². The maximum absolute atomic E-state index is 13.0. The zero-order chi connectivity index (χ0) is 12.4. The Kier molecular flexibility index (Phi) is 3.06.